The van der Waals surface area contributed by atoms with Crippen molar-refractivity contribution in [1.82, 2.24) is 4.98 Å². The summed E-state index contributed by atoms with van der Waals surface area (Å²) in [5.74, 6) is 1.92. The van der Waals surface area contributed by atoms with E-state index in [1.54, 1.807) is 7.11 Å². The first-order valence-electron chi connectivity index (χ1n) is 9.72. The van der Waals surface area contributed by atoms with Gasteiger partial charge in [-0.05, 0) is 56.5 Å². The number of aliphatic imine (C=N–C) groups is 1. The minimum atomic E-state index is 0.160. The van der Waals surface area contributed by atoms with Crippen molar-refractivity contribution in [2.45, 2.75) is 45.4 Å². The molecule has 0 unspecified atom stereocenters. The number of benzene rings is 1. The lowest BCUT2D eigenvalue weighted by Crippen LogP contribution is -2.37. The van der Waals surface area contributed by atoms with E-state index < -0.39 is 0 Å². The quantitative estimate of drug-likeness (QED) is 0.808. The molecule has 5 heteroatoms. The van der Waals surface area contributed by atoms with Crippen LogP contribution in [0.4, 0.5) is 5.82 Å². The largest absolute Gasteiger partial charge is 0.491 e. The first kappa shape index (κ1) is 18.0. The van der Waals surface area contributed by atoms with Gasteiger partial charge in [0.05, 0.1) is 24.5 Å². The van der Waals surface area contributed by atoms with Gasteiger partial charge in [-0.15, -0.1) is 0 Å². The third-order valence-corrected chi connectivity index (χ3v) is 5.23. The summed E-state index contributed by atoms with van der Waals surface area (Å²) in [6.07, 6.45) is 4.51. The number of piperidine rings is 1. The van der Waals surface area contributed by atoms with Crippen molar-refractivity contribution in [1.29, 1.82) is 0 Å². The topological polar surface area (TPSA) is 47.0 Å². The molecule has 1 saturated heterocycles. The molecule has 0 radical (unpaired) electrons. The van der Waals surface area contributed by atoms with Gasteiger partial charge in [0, 0.05) is 37.5 Å². The predicted molar refractivity (Wildman–Crippen MR) is 108 cm³/mol. The molecule has 0 amide bonds. The highest BCUT2D eigenvalue weighted by molar-refractivity contribution is 6.15. The molecule has 27 heavy (non-hydrogen) atoms. The average molecular weight is 365 g/mol. The van der Waals surface area contributed by atoms with Crippen molar-refractivity contribution in [3.05, 3.63) is 53.2 Å². The number of anilines is 1. The second-order valence-corrected chi connectivity index (χ2v) is 7.48. The zero-order valence-electron chi connectivity index (χ0n) is 16.3. The maximum atomic E-state index is 5.88. The van der Waals surface area contributed by atoms with Crippen molar-refractivity contribution < 1.29 is 9.47 Å². The van der Waals surface area contributed by atoms with E-state index >= 15 is 0 Å². The Hall–Kier alpha value is -2.40. The van der Waals surface area contributed by atoms with Gasteiger partial charge in [0.1, 0.15) is 11.6 Å². The van der Waals surface area contributed by atoms with Gasteiger partial charge >= 0.3 is 0 Å². The number of aromatic nitrogens is 1. The molecule has 2 aliphatic rings. The summed E-state index contributed by atoms with van der Waals surface area (Å²) in [5.41, 5.74) is 4.58. The van der Waals surface area contributed by atoms with Crippen molar-refractivity contribution in [3.63, 3.8) is 0 Å². The molecule has 0 atom stereocenters. The summed E-state index contributed by atoms with van der Waals surface area (Å²) < 4.78 is 11.4. The van der Waals surface area contributed by atoms with E-state index in [4.69, 9.17) is 14.5 Å². The third kappa shape index (κ3) is 3.83. The van der Waals surface area contributed by atoms with Gasteiger partial charge in [0.15, 0.2) is 0 Å². The average Bonchev–Trinajstić information content (AvgIpc) is 3.11. The molecule has 1 aromatic heterocycles. The molecule has 0 saturated carbocycles. The van der Waals surface area contributed by atoms with Crippen LogP contribution < -0.4 is 9.64 Å². The zero-order valence-corrected chi connectivity index (χ0v) is 16.3. The summed E-state index contributed by atoms with van der Waals surface area (Å²) in [4.78, 5) is 11.7. The maximum absolute atomic E-state index is 5.88. The molecule has 0 N–H and O–H groups in total. The summed E-state index contributed by atoms with van der Waals surface area (Å²) in [7, 11) is 1.80. The fourth-order valence-electron chi connectivity index (χ4n) is 3.81. The van der Waals surface area contributed by atoms with E-state index in [1.165, 1.54) is 11.1 Å². The molecule has 142 valence electrons. The third-order valence-electron chi connectivity index (χ3n) is 5.23. The van der Waals surface area contributed by atoms with Crippen molar-refractivity contribution in [2.24, 2.45) is 4.99 Å². The number of hydrogen-bond donors (Lipinski definition) is 0. The lowest BCUT2D eigenvalue weighted by atomic mass is 10.00. The van der Waals surface area contributed by atoms with Crippen LogP contribution in [0.2, 0.25) is 0 Å². The van der Waals surface area contributed by atoms with Crippen LogP contribution in [0.3, 0.4) is 0 Å². The smallest absolute Gasteiger partial charge is 0.129 e. The van der Waals surface area contributed by atoms with E-state index in [0.717, 1.165) is 55.3 Å². The SMILES string of the molecule is COC1CCN(c2cc(C3=NCc4ccc(OC(C)C)cc43)ccn2)CC1. The van der Waals surface area contributed by atoms with E-state index in [9.17, 15) is 0 Å². The highest BCUT2D eigenvalue weighted by Gasteiger charge is 2.22. The monoisotopic (exact) mass is 365 g/mol. The second-order valence-electron chi connectivity index (χ2n) is 7.48. The van der Waals surface area contributed by atoms with Crippen LogP contribution in [0.25, 0.3) is 0 Å². The molecule has 1 fully saturated rings. The molecule has 5 nitrogen and oxygen atoms in total. The molecular formula is C22H27N3O2. The molecule has 0 bridgehead atoms. The Bertz CT molecular complexity index is 839. The van der Waals surface area contributed by atoms with Gasteiger partial charge in [-0.3, -0.25) is 4.99 Å². The molecule has 0 spiro atoms. The van der Waals surface area contributed by atoms with E-state index in [-0.39, 0.29) is 6.10 Å². The fraction of sp³-hybridized carbons (Fsp3) is 0.455. The maximum Gasteiger partial charge on any atom is 0.129 e. The van der Waals surface area contributed by atoms with Crippen LogP contribution in [0.5, 0.6) is 5.75 Å². The Morgan fingerprint density at radius 3 is 2.67 bits per heavy atom. The van der Waals surface area contributed by atoms with Crippen molar-refractivity contribution in [2.75, 3.05) is 25.1 Å². The number of methoxy groups -OCH3 is 1. The summed E-state index contributed by atoms with van der Waals surface area (Å²) in [6.45, 7) is 6.77. The highest BCUT2D eigenvalue weighted by atomic mass is 16.5. The fourth-order valence-corrected chi connectivity index (χ4v) is 3.81. The molecule has 2 aromatic rings. The lowest BCUT2D eigenvalue weighted by Gasteiger charge is -2.32. The van der Waals surface area contributed by atoms with Gasteiger partial charge in [0.2, 0.25) is 0 Å². The van der Waals surface area contributed by atoms with E-state index in [1.807, 2.05) is 26.1 Å². The Morgan fingerprint density at radius 2 is 1.93 bits per heavy atom. The van der Waals surface area contributed by atoms with Crippen LogP contribution >= 0.6 is 0 Å². The van der Waals surface area contributed by atoms with Gasteiger partial charge in [0.25, 0.3) is 0 Å². The number of nitrogens with zero attached hydrogens (tertiary/aromatic N) is 3. The number of ether oxygens (including phenoxy) is 2. The Balaban J connectivity index is 1.57. The first-order chi connectivity index (χ1) is 13.1. The number of hydrogen-bond acceptors (Lipinski definition) is 5. The number of fused-ring (bicyclic) bond motifs is 1. The van der Waals surface area contributed by atoms with Crippen LogP contribution in [0, 0.1) is 0 Å². The van der Waals surface area contributed by atoms with Gasteiger partial charge < -0.3 is 14.4 Å². The number of pyridine rings is 1. The molecule has 3 heterocycles. The van der Waals surface area contributed by atoms with E-state index in [2.05, 4.69) is 34.1 Å². The van der Waals surface area contributed by atoms with Crippen LogP contribution in [0.1, 0.15) is 43.4 Å². The predicted octanol–water partition coefficient (Wildman–Crippen LogP) is 3.84. The van der Waals surface area contributed by atoms with E-state index in [0.29, 0.717) is 6.10 Å². The van der Waals surface area contributed by atoms with Gasteiger partial charge in [-0.25, -0.2) is 4.98 Å². The molecular weight excluding hydrogens is 338 g/mol. The summed E-state index contributed by atoms with van der Waals surface area (Å²) in [5, 5.41) is 0. The van der Waals surface area contributed by atoms with Gasteiger partial charge in [-0.1, -0.05) is 6.07 Å². The van der Waals surface area contributed by atoms with Crippen molar-refractivity contribution in [3.8, 4) is 5.75 Å². The standard InChI is InChI=1S/C22H27N3O2/c1-15(2)27-19-5-4-17-14-24-22(20(17)13-19)16-6-9-23-21(12-16)25-10-7-18(26-3)8-11-25/h4-6,9,12-13,15,18H,7-8,10-11,14H2,1-3H3. The Labute approximate surface area is 161 Å². The summed E-state index contributed by atoms with van der Waals surface area (Å²) in [6, 6.07) is 10.5. The lowest BCUT2D eigenvalue weighted by molar-refractivity contribution is 0.0818. The molecule has 1 aromatic carbocycles. The summed E-state index contributed by atoms with van der Waals surface area (Å²) >= 11 is 0. The molecule has 0 aliphatic carbocycles. The van der Waals surface area contributed by atoms with Crippen LogP contribution in [-0.2, 0) is 11.3 Å². The Kier molecular flexibility index (Phi) is 5.12. The number of rotatable bonds is 5. The molecule has 4 rings (SSSR count). The normalized spacial score (nSPS) is 17.2. The van der Waals surface area contributed by atoms with Crippen LogP contribution in [-0.4, -0.2) is 43.1 Å². The Morgan fingerprint density at radius 1 is 1.11 bits per heavy atom. The minimum absolute atomic E-state index is 0.160. The highest BCUT2D eigenvalue weighted by Crippen LogP contribution is 2.29. The second kappa shape index (κ2) is 7.69. The van der Waals surface area contributed by atoms with Crippen molar-refractivity contribution >= 4 is 11.5 Å². The minimum Gasteiger partial charge on any atom is -0.491 e. The van der Waals surface area contributed by atoms with Crippen LogP contribution in [0.15, 0.2) is 41.5 Å². The zero-order chi connectivity index (χ0) is 18.8. The first-order valence-corrected chi connectivity index (χ1v) is 9.72. The molecule has 2 aliphatic heterocycles. The van der Waals surface area contributed by atoms with Gasteiger partial charge in [-0.2, -0.15) is 0 Å².